The van der Waals surface area contributed by atoms with E-state index in [4.69, 9.17) is 9.47 Å². The number of nitrogens with one attached hydrogen (secondary N) is 1. The highest BCUT2D eigenvalue weighted by atomic mass is 16.5. The molecule has 0 spiro atoms. The lowest BCUT2D eigenvalue weighted by Crippen LogP contribution is -2.41. The lowest BCUT2D eigenvalue weighted by Gasteiger charge is -2.19. The van der Waals surface area contributed by atoms with Crippen LogP contribution in [0.15, 0.2) is 24.3 Å². The molecule has 0 aliphatic carbocycles. The van der Waals surface area contributed by atoms with E-state index < -0.39 is 6.10 Å². The molecule has 4 heteroatoms. The van der Waals surface area contributed by atoms with Gasteiger partial charge in [-0.15, -0.1) is 0 Å². The van der Waals surface area contributed by atoms with E-state index in [0.29, 0.717) is 13.0 Å². The van der Waals surface area contributed by atoms with Gasteiger partial charge in [0.05, 0.1) is 6.10 Å². The second kappa shape index (κ2) is 7.29. The van der Waals surface area contributed by atoms with Crippen molar-refractivity contribution in [2.24, 2.45) is 0 Å². The molecule has 1 amide bonds. The summed E-state index contributed by atoms with van der Waals surface area (Å²) < 4.78 is 11.3. The van der Waals surface area contributed by atoms with Gasteiger partial charge in [0.1, 0.15) is 5.75 Å². The number of rotatable bonds is 6. The number of hydrogen-bond acceptors (Lipinski definition) is 3. The standard InChI is InChI=1S/C16H23NO3/c1-3-14(20-15-9-5-4-7-12(15)2)16(18)17-11-13-8-6-10-19-13/h4-5,7,9,13-14H,3,6,8,10-11H2,1-2H3,(H,17,18)/t13-,14-/m1/s1. The summed E-state index contributed by atoms with van der Waals surface area (Å²) in [5, 5.41) is 2.93. The Morgan fingerprint density at radius 1 is 1.50 bits per heavy atom. The summed E-state index contributed by atoms with van der Waals surface area (Å²) in [5.74, 6) is 0.706. The quantitative estimate of drug-likeness (QED) is 0.869. The Morgan fingerprint density at radius 2 is 2.30 bits per heavy atom. The average molecular weight is 277 g/mol. The summed E-state index contributed by atoms with van der Waals surface area (Å²) >= 11 is 0. The SMILES string of the molecule is CC[C@@H](Oc1ccccc1C)C(=O)NC[C@H]1CCCO1. The normalized spacial score (nSPS) is 19.6. The smallest absolute Gasteiger partial charge is 0.261 e. The van der Waals surface area contributed by atoms with E-state index in [2.05, 4.69) is 5.32 Å². The topological polar surface area (TPSA) is 47.6 Å². The second-order valence-corrected chi connectivity index (χ2v) is 5.16. The molecule has 0 radical (unpaired) electrons. The number of para-hydroxylation sites is 1. The van der Waals surface area contributed by atoms with E-state index in [-0.39, 0.29) is 12.0 Å². The highest BCUT2D eigenvalue weighted by Crippen LogP contribution is 2.19. The van der Waals surface area contributed by atoms with E-state index in [0.717, 1.165) is 30.8 Å². The highest BCUT2D eigenvalue weighted by molar-refractivity contribution is 5.81. The fraction of sp³-hybridized carbons (Fsp3) is 0.562. The Morgan fingerprint density at radius 3 is 2.95 bits per heavy atom. The first kappa shape index (κ1) is 14.9. The average Bonchev–Trinajstić information content (AvgIpc) is 2.97. The zero-order valence-electron chi connectivity index (χ0n) is 12.2. The minimum Gasteiger partial charge on any atom is -0.480 e. The third kappa shape index (κ3) is 3.97. The monoisotopic (exact) mass is 277 g/mol. The molecular formula is C16H23NO3. The number of benzene rings is 1. The van der Waals surface area contributed by atoms with Gasteiger partial charge in [-0.3, -0.25) is 4.79 Å². The van der Waals surface area contributed by atoms with Gasteiger partial charge in [0.15, 0.2) is 6.10 Å². The largest absolute Gasteiger partial charge is 0.480 e. The summed E-state index contributed by atoms with van der Waals surface area (Å²) in [6.07, 6.45) is 2.46. The van der Waals surface area contributed by atoms with Crippen molar-refractivity contribution in [3.63, 3.8) is 0 Å². The lowest BCUT2D eigenvalue weighted by atomic mass is 10.2. The predicted molar refractivity (Wildman–Crippen MR) is 77.9 cm³/mol. The van der Waals surface area contributed by atoms with E-state index in [1.807, 2.05) is 38.1 Å². The molecule has 1 aromatic rings. The third-order valence-corrected chi connectivity index (χ3v) is 3.55. The lowest BCUT2D eigenvalue weighted by molar-refractivity contribution is -0.128. The fourth-order valence-electron chi connectivity index (χ4n) is 2.30. The summed E-state index contributed by atoms with van der Waals surface area (Å²) in [7, 11) is 0. The van der Waals surface area contributed by atoms with Gasteiger partial charge in [0.25, 0.3) is 5.91 Å². The van der Waals surface area contributed by atoms with E-state index in [1.54, 1.807) is 0 Å². The van der Waals surface area contributed by atoms with Gasteiger partial charge in [-0.05, 0) is 37.8 Å². The van der Waals surface area contributed by atoms with Gasteiger partial charge < -0.3 is 14.8 Å². The van der Waals surface area contributed by atoms with Gasteiger partial charge in [-0.25, -0.2) is 0 Å². The number of aryl methyl sites for hydroxylation is 1. The van der Waals surface area contributed by atoms with Crippen LogP contribution in [0.4, 0.5) is 0 Å². The molecule has 1 N–H and O–H groups in total. The Labute approximate surface area is 120 Å². The zero-order chi connectivity index (χ0) is 14.4. The van der Waals surface area contributed by atoms with Gasteiger partial charge >= 0.3 is 0 Å². The summed E-state index contributed by atoms with van der Waals surface area (Å²) in [4.78, 5) is 12.2. The second-order valence-electron chi connectivity index (χ2n) is 5.16. The van der Waals surface area contributed by atoms with Crippen LogP contribution < -0.4 is 10.1 Å². The Bertz CT molecular complexity index is 441. The molecule has 1 saturated heterocycles. The number of ether oxygens (including phenoxy) is 2. The Kier molecular flexibility index (Phi) is 5.41. The molecule has 2 rings (SSSR count). The van der Waals surface area contributed by atoms with Crippen LogP contribution in [0.2, 0.25) is 0 Å². The molecule has 0 saturated carbocycles. The molecular weight excluding hydrogens is 254 g/mol. The van der Waals surface area contributed by atoms with Crippen LogP contribution in [0.25, 0.3) is 0 Å². The Hall–Kier alpha value is -1.55. The van der Waals surface area contributed by atoms with Gasteiger partial charge in [0, 0.05) is 13.2 Å². The van der Waals surface area contributed by atoms with Crippen LogP contribution >= 0.6 is 0 Å². The molecule has 20 heavy (non-hydrogen) atoms. The molecule has 0 unspecified atom stereocenters. The van der Waals surface area contributed by atoms with E-state index in [9.17, 15) is 4.79 Å². The van der Waals surface area contributed by atoms with Crippen molar-refractivity contribution in [1.29, 1.82) is 0 Å². The molecule has 1 aliphatic heterocycles. The van der Waals surface area contributed by atoms with E-state index >= 15 is 0 Å². The van der Waals surface area contributed by atoms with E-state index in [1.165, 1.54) is 0 Å². The molecule has 0 aromatic heterocycles. The van der Waals surface area contributed by atoms with Gasteiger partial charge in [0.2, 0.25) is 0 Å². The predicted octanol–water partition coefficient (Wildman–Crippen LogP) is 2.45. The van der Waals surface area contributed by atoms with Crippen LogP contribution in [-0.4, -0.2) is 31.3 Å². The van der Waals surface area contributed by atoms with Crippen molar-refractivity contribution in [3.05, 3.63) is 29.8 Å². The first-order valence-corrected chi connectivity index (χ1v) is 7.32. The van der Waals surface area contributed by atoms with Crippen molar-refractivity contribution in [3.8, 4) is 5.75 Å². The van der Waals surface area contributed by atoms with Crippen molar-refractivity contribution >= 4 is 5.91 Å². The maximum Gasteiger partial charge on any atom is 0.261 e. The van der Waals surface area contributed by atoms with Crippen molar-refractivity contribution in [2.75, 3.05) is 13.2 Å². The van der Waals surface area contributed by atoms with Crippen molar-refractivity contribution < 1.29 is 14.3 Å². The van der Waals surface area contributed by atoms with Crippen LogP contribution in [0.1, 0.15) is 31.7 Å². The molecule has 1 aliphatic rings. The first-order valence-electron chi connectivity index (χ1n) is 7.32. The zero-order valence-corrected chi connectivity index (χ0v) is 12.2. The molecule has 1 fully saturated rings. The number of amides is 1. The van der Waals surface area contributed by atoms with Crippen LogP contribution in [-0.2, 0) is 9.53 Å². The van der Waals surface area contributed by atoms with Crippen molar-refractivity contribution in [1.82, 2.24) is 5.32 Å². The molecule has 0 bridgehead atoms. The van der Waals surface area contributed by atoms with Gasteiger partial charge in [-0.2, -0.15) is 0 Å². The number of hydrogen-bond donors (Lipinski definition) is 1. The molecule has 1 aromatic carbocycles. The maximum atomic E-state index is 12.2. The maximum absolute atomic E-state index is 12.2. The molecule has 110 valence electrons. The van der Waals surface area contributed by atoms with Crippen LogP contribution in [0.5, 0.6) is 5.75 Å². The van der Waals surface area contributed by atoms with Crippen LogP contribution in [0.3, 0.4) is 0 Å². The summed E-state index contributed by atoms with van der Waals surface area (Å²) in [5.41, 5.74) is 1.04. The fourth-order valence-corrected chi connectivity index (χ4v) is 2.30. The highest BCUT2D eigenvalue weighted by Gasteiger charge is 2.21. The minimum absolute atomic E-state index is 0.0637. The molecule has 2 atom stereocenters. The molecule has 4 nitrogen and oxygen atoms in total. The van der Waals surface area contributed by atoms with Crippen molar-refractivity contribution in [2.45, 2.75) is 45.3 Å². The number of carbonyl (C=O) groups is 1. The Balaban J connectivity index is 1.87. The van der Waals surface area contributed by atoms with Crippen LogP contribution in [0, 0.1) is 6.92 Å². The summed E-state index contributed by atoms with van der Waals surface area (Å²) in [6.45, 7) is 5.31. The number of carbonyl (C=O) groups excluding carboxylic acids is 1. The minimum atomic E-state index is -0.447. The third-order valence-electron chi connectivity index (χ3n) is 3.55. The first-order chi connectivity index (χ1) is 9.70. The van der Waals surface area contributed by atoms with Gasteiger partial charge in [-0.1, -0.05) is 25.1 Å². The molecule has 1 heterocycles. The summed E-state index contributed by atoms with van der Waals surface area (Å²) in [6, 6.07) is 7.75.